The van der Waals surface area contributed by atoms with E-state index in [2.05, 4.69) is 19.9 Å². The Morgan fingerprint density at radius 3 is 2.76 bits per heavy atom. The lowest BCUT2D eigenvalue weighted by atomic mass is 10.0. The highest BCUT2D eigenvalue weighted by Crippen LogP contribution is 2.30. The van der Waals surface area contributed by atoms with Crippen molar-refractivity contribution >= 4 is 21.6 Å². The second-order valence-corrected chi connectivity index (χ2v) is 10.0. The number of piperidine rings is 1. The van der Waals surface area contributed by atoms with Gasteiger partial charge in [0.25, 0.3) is 10.0 Å². The van der Waals surface area contributed by atoms with Gasteiger partial charge in [0.15, 0.2) is 0 Å². The molecule has 1 aliphatic heterocycles. The Kier molecular flexibility index (Phi) is 6.99. The van der Waals surface area contributed by atoms with Crippen molar-refractivity contribution in [2.75, 3.05) is 18.3 Å². The number of carbonyl (C=O) groups is 1. The minimum Gasteiger partial charge on any atom is -0.441 e. The highest BCUT2D eigenvalue weighted by molar-refractivity contribution is 7.92. The molecule has 1 fully saturated rings. The molecule has 1 saturated heterocycles. The van der Waals surface area contributed by atoms with Gasteiger partial charge in [-0.25, -0.2) is 17.8 Å². The summed E-state index contributed by atoms with van der Waals surface area (Å²) in [6, 6.07) is 11.3. The van der Waals surface area contributed by atoms with E-state index in [-0.39, 0.29) is 35.0 Å². The number of nitrogens with one attached hydrogen (secondary N) is 2. The maximum absolute atomic E-state index is 13.5. The number of rotatable bonds is 7. The molecule has 0 aliphatic carbocycles. The molecule has 10 heteroatoms. The van der Waals surface area contributed by atoms with Crippen LogP contribution in [0.3, 0.4) is 0 Å². The lowest BCUT2D eigenvalue weighted by Crippen LogP contribution is -2.47. The molecule has 1 atom stereocenters. The smallest absolute Gasteiger partial charge is 0.262 e. The number of sulfonamides is 1. The SMILES string of the molecule is Cc1oc(-c2ccccc2NS(=O)(=O)c2cccc(F)c2)nc1CNC(=O)[C@H]1CCCCN1C. The molecule has 34 heavy (non-hydrogen) atoms. The first-order valence-electron chi connectivity index (χ1n) is 11.1. The Bertz CT molecular complexity index is 1290. The van der Waals surface area contributed by atoms with Crippen LogP contribution in [-0.2, 0) is 21.4 Å². The molecule has 8 nitrogen and oxygen atoms in total. The van der Waals surface area contributed by atoms with E-state index in [4.69, 9.17) is 4.42 Å². The zero-order valence-electron chi connectivity index (χ0n) is 19.0. The van der Waals surface area contributed by atoms with Gasteiger partial charge in [-0.2, -0.15) is 0 Å². The number of anilines is 1. The summed E-state index contributed by atoms with van der Waals surface area (Å²) in [5, 5.41) is 2.93. The van der Waals surface area contributed by atoms with Gasteiger partial charge in [-0.05, 0) is 63.7 Å². The quantitative estimate of drug-likeness (QED) is 0.528. The van der Waals surface area contributed by atoms with Gasteiger partial charge >= 0.3 is 0 Å². The van der Waals surface area contributed by atoms with Gasteiger partial charge in [-0.1, -0.05) is 24.6 Å². The van der Waals surface area contributed by atoms with Gasteiger partial charge in [0.2, 0.25) is 11.8 Å². The molecule has 0 bridgehead atoms. The Morgan fingerprint density at radius 2 is 2.00 bits per heavy atom. The van der Waals surface area contributed by atoms with E-state index in [0.717, 1.165) is 31.9 Å². The van der Waals surface area contributed by atoms with Crippen molar-refractivity contribution in [1.82, 2.24) is 15.2 Å². The Hall–Kier alpha value is -3.24. The molecule has 2 aromatic carbocycles. The normalized spacial score (nSPS) is 16.9. The van der Waals surface area contributed by atoms with Gasteiger partial charge < -0.3 is 9.73 Å². The number of benzene rings is 2. The van der Waals surface area contributed by atoms with E-state index in [1.807, 2.05) is 7.05 Å². The number of amides is 1. The van der Waals surface area contributed by atoms with Crippen LogP contribution in [-0.4, -0.2) is 43.8 Å². The predicted octanol–water partition coefficient (Wildman–Crippen LogP) is 3.69. The van der Waals surface area contributed by atoms with Gasteiger partial charge in [0.1, 0.15) is 17.3 Å². The molecular weight excluding hydrogens is 459 g/mol. The number of hydrogen-bond acceptors (Lipinski definition) is 6. The average molecular weight is 487 g/mol. The molecule has 4 rings (SSSR count). The van der Waals surface area contributed by atoms with E-state index in [9.17, 15) is 17.6 Å². The Balaban J connectivity index is 1.52. The van der Waals surface area contributed by atoms with Crippen LogP contribution in [0.2, 0.25) is 0 Å². The summed E-state index contributed by atoms with van der Waals surface area (Å²) in [6.45, 7) is 2.84. The number of hydrogen-bond donors (Lipinski definition) is 2. The van der Waals surface area contributed by atoms with E-state index < -0.39 is 15.8 Å². The van der Waals surface area contributed by atoms with Gasteiger partial charge in [0.05, 0.1) is 28.7 Å². The van der Waals surface area contributed by atoms with Crippen LogP contribution in [0, 0.1) is 12.7 Å². The molecule has 2 N–H and O–H groups in total. The van der Waals surface area contributed by atoms with Crippen molar-refractivity contribution < 1.29 is 22.0 Å². The fraction of sp³-hybridized carbons (Fsp3) is 0.333. The number of likely N-dealkylation sites (N-methyl/N-ethyl adjacent to an activating group) is 1. The lowest BCUT2D eigenvalue weighted by molar-refractivity contribution is -0.127. The summed E-state index contributed by atoms with van der Waals surface area (Å²) in [5.41, 5.74) is 1.23. The third-order valence-corrected chi connectivity index (χ3v) is 7.27. The van der Waals surface area contributed by atoms with Crippen molar-refractivity contribution in [3.63, 3.8) is 0 Å². The third-order valence-electron chi connectivity index (χ3n) is 5.90. The fourth-order valence-electron chi connectivity index (χ4n) is 4.00. The molecule has 0 unspecified atom stereocenters. The van der Waals surface area contributed by atoms with Crippen LogP contribution in [0.4, 0.5) is 10.1 Å². The summed E-state index contributed by atoms with van der Waals surface area (Å²) >= 11 is 0. The zero-order valence-corrected chi connectivity index (χ0v) is 19.9. The Labute approximate surface area is 198 Å². The van der Waals surface area contributed by atoms with Crippen molar-refractivity contribution in [3.8, 4) is 11.5 Å². The first-order chi connectivity index (χ1) is 16.2. The van der Waals surface area contributed by atoms with Crippen molar-refractivity contribution in [2.24, 2.45) is 0 Å². The summed E-state index contributed by atoms with van der Waals surface area (Å²) < 4.78 is 47.4. The summed E-state index contributed by atoms with van der Waals surface area (Å²) in [7, 11) is -2.08. The molecule has 3 aromatic rings. The van der Waals surface area contributed by atoms with Crippen molar-refractivity contribution in [3.05, 3.63) is 65.8 Å². The molecule has 1 amide bonds. The number of halogens is 1. The van der Waals surface area contributed by atoms with E-state index in [0.29, 0.717) is 17.0 Å². The minimum absolute atomic E-state index is 0.0468. The lowest BCUT2D eigenvalue weighted by Gasteiger charge is -2.31. The van der Waals surface area contributed by atoms with E-state index in [1.165, 1.54) is 18.2 Å². The van der Waals surface area contributed by atoms with Crippen molar-refractivity contribution in [2.45, 2.75) is 43.7 Å². The predicted molar refractivity (Wildman–Crippen MR) is 126 cm³/mol. The third kappa shape index (κ3) is 5.28. The molecule has 1 aliphatic rings. The van der Waals surface area contributed by atoms with Crippen LogP contribution >= 0.6 is 0 Å². The topological polar surface area (TPSA) is 105 Å². The second-order valence-electron chi connectivity index (χ2n) is 8.34. The maximum Gasteiger partial charge on any atom is 0.262 e. The molecular formula is C24H27FN4O4S. The number of oxazole rings is 1. The van der Waals surface area contributed by atoms with E-state index >= 15 is 0 Å². The van der Waals surface area contributed by atoms with Gasteiger partial charge in [-0.3, -0.25) is 14.4 Å². The molecule has 0 saturated carbocycles. The van der Waals surface area contributed by atoms with Crippen LogP contribution in [0.25, 0.3) is 11.5 Å². The number of aromatic nitrogens is 1. The first kappa shape index (κ1) is 23.9. The number of nitrogens with zero attached hydrogens (tertiary/aromatic N) is 2. The van der Waals surface area contributed by atoms with Crippen LogP contribution in [0.5, 0.6) is 0 Å². The summed E-state index contributed by atoms with van der Waals surface area (Å²) in [6.07, 6.45) is 2.94. The van der Waals surface area contributed by atoms with E-state index in [1.54, 1.807) is 31.2 Å². The summed E-state index contributed by atoms with van der Waals surface area (Å²) in [4.78, 5) is 19.0. The molecule has 2 heterocycles. The average Bonchev–Trinajstić information content (AvgIpc) is 3.18. The Morgan fingerprint density at radius 1 is 1.21 bits per heavy atom. The highest BCUT2D eigenvalue weighted by atomic mass is 32.2. The molecule has 180 valence electrons. The minimum atomic E-state index is -4.03. The standard InChI is InChI=1S/C24H27FN4O4S/c1-16-21(15-26-23(30)22-12-5-6-13-29(22)2)27-24(33-16)19-10-3-4-11-20(19)28-34(31,32)18-9-7-8-17(25)14-18/h3-4,7-11,14,22,28H,5-6,12-13,15H2,1-2H3,(H,26,30)/t22-/m1/s1. The fourth-order valence-corrected chi connectivity index (χ4v) is 5.11. The van der Waals surface area contributed by atoms with Gasteiger partial charge in [-0.15, -0.1) is 0 Å². The first-order valence-corrected chi connectivity index (χ1v) is 12.5. The largest absolute Gasteiger partial charge is 0.441 e. The molecule has 0 spiro atoms. The highest BCUT2D eigenvalue weighted by Gasteiger charge is 2.26. The van der Waals surface area contributed by atoms with Crippen LogP contribution in [0.1, 0.15) is 30.7 Å². The maximum atomic E-state index is 13.5. The number of carbonyl (C=O) groups excluding carboxylic acids is 1. The van der Waals surface area contributed by atoms with Crippen LogP contribution in [0.15, 0.2) is 57.8 Å². The molecule has 1 aromatic heterocycles. The monoisotopic (exact) mass is 486 g/mol. The second kappa shape index (κ2) is 9.94. The molecule has 0 radical (unpaired) electrons. The van der Waals surface area contributed by atoms with Gasteiger partial charge in [0, 0.05) is 0 Å². The number of likely N-dealkylation sites (tertiary alicyclic amines) is 1. The zero-order chi connectivity index (χ0) is 24.3. The number of para-hydroxylation sites is 1. The summed E-state index contributed by atoms with van der Waals surface area (Å²) in [5.74, 6) is 0.0455. The van der Waals surface area contributed by atoms with Crippen LogP contribution < -0.4 is 10.0 Å². The van der Waals surface area contributed by atoms with Crippen molar-refractivity contribution in [1.29, 1.82) is 0 Å². The number of aryl methyl sites for hydroxylation is 1.